The molecular weight excluding hydrogens is 662 g/mol. The molecule has 0 radical (unpaired) electrons. The van der Waals surface area contributed by atoms with Crippen LogP contribution in [0.25, 0.3) is 0 Å². The van der Waals surface area contributed by atoms with E-state index in [-0.39, 0.29) is 0 Å². The fourth-order valence-corrected chi connectivity index (χ4v) is 10.8. The van der Waals surface area contributed by atoms with Gasteiger partial charge in [-0.1, -0.05) is 147 Å². The van der Waals surface area contributed by atoms with Gasteiger partial charge in [0.2, 0.25) is 0 Å². The van der Waals surface area contributed by atoms with Crippen molar-refractivity contribution in [2.24, 2.45) is 0 Å². The lowest BCUT2D eigenvalue weighted by Gasteiger charge is -2.42. The molecule has 0 aliphatic carbocycles. The Hall–Kier alpha value is -0.196. The van der Waals surface area contributed by atoms with Crippen molar-refractivity contribution >= 4 is 74.1 Å². The van der Waals surface area contributed by atoms with Gasteiger partial charge in [0.1, 0.15) is 0 Å². The molecule has 0 bridgehead atoms. The Morgan fingerprint density at radius 3 is 1.12 bits per heavy atom. The average molecular weight is 710 g/mol. The number of hydrogen-bond acceptors (Lipinski definition) is 4. The molecule has 0 N–H and O–H groups in total. The summed E-state index contributed by atoms with van der Waals surface area (Å²) in [6, 6.07) is 18.5. The molecule has 0 spiro atoms. The molecule has 4 nitrogen and oxygen atoms in total. The van der Waals surface area contributed by atoms with Crippen LogP contribution in [0.2, 0.25) is 25.2 Å². The van der Waals surface area contributed by atoms with Crippen molar-refractivity contribution in [3.8, 4) is 0 Å². The molecule has 2 aromatic rings. The summed E-state index contributed by atoms with van der Waals surface area (Å²) in [5.74, 6) is 0. The molecule has 0 unspecified atom stereocenters. The zero-order valence-corrected chi connectivity index (χ0v) is 30.2. The molecule has 1 aliphatic rings. The summed E-state index contributed by atoms with van der Waals surface area (Å²) in [7, 11) is -6.31. The fraction of sp³-hybridized carbons (Fsp3) is 0.600. The minimum absolute atomic E-state index is 0.479. The zero-order valence-electron chi connectivity index (χ0n) is 25.1. The van der Waals surface area contributed by atoms with Gasteiger partial charge < -0.3 is 17.4 Å². The summed E-state index contributed by atoms with van der Waals surface area (Å²) >= 11 is 7.17. The summed E-state index contributed by atoms with van der Waals surface area (Å²) in [5, 5.41) is 0. The van der Waals surface area contributed by atoms with Gasteiger partial charge in [0.05, 0.1) is 0 Å². The van der Waals surface area contributed by atoms with Gasteiger partial charge in [0.15, 0.2) is 0 Å². The number of benzene rings is 2. The second-order valence-electron chi connectivity index (χ2n) is 11.5. The smallest absolute Gasteiger partial charge is 0.430 e. The molecule has 0 amide bonds. The van der Waals surface area contributed by atoms with E-state index in [0.717, 1.165) is 44.8 Å². The first-order chi connectivity index (χ1) is 19.3. The second-order valence-corrected chi connectivity index (χ2v) is 19.9. The first-order valence-corrected chi connectivity index (χ1v) is 22.1. The molecule has 3 rings (SSSR count). The maximum Gasteiger partial charge on any atom is 0.475 e. The highest BCUT2D eigenvalue weighted by atomic mass is 79.9. The van der Waals surface area contributed by atoms with E-state index in [1.165, 1.54) is 64.2 Å². The molecule has 1 fully saturated rings. The Balaban J connectivity index is 1.85. The predicted octanol–water partition coefficient (Wildman–Crippen LogP) is 9.25. The van der Waals surface area contributed by atoms with Crippen molar-refractivity contribution in [3.05, 3.63) is 57.5 Å². The molecule has 2 aromatic carbocycles. The van der Waals surface area contributed by atoms with Gasteiger partial charge >= 0.3 is 31.4 Å². The molecule has 10 heteroatoms. The van der Waals surface area contributed by atoms with Gasteiger partial charge in [-0.2, -0.15) is 0 Å². The molecule has 220 valence electrons. The number of halogens is 2. The van der Waals surface area contributed by atoms with E-state index in [0.29, 0.717) is 0 Å². The molecule has 1 aliphatic heterocycles. The Morgan fingerprint density at radius 1 is 0.500 bits per heavy atom. The van der Waals surface area contributed by atoms with Gasteiger partial charge in [-0.15, -0.1) is 0 Å². The van der Waals surface area contributed by atoms with E-state index in [1.807, 2.05) is 0 Å². The average Bonchev–Trinajstić information content (AvgIpc) is 2.92. The SMILES string of the molecule is CCCCCCCC[Si]1(C)OB(c2ccc(Br)cc2)O[Si](C)(CCCCCCCC)OB(c2ccc(Br)cc2)O1. The standard InChI is InChI=1S/C30H48B2Br2O4Si2/c1-5-7-9-11-13-15-25-39(3)35-31(27-17-21-29(33)22-18-27)37-40(4,26-16-14-12-10-8-6-2)38-32(36-39)28-19-23-30(34)24-20-28/h17-24H,5-16,25-26H2,1-4H3. The lowest BCUT2D eigenvalue weighted by molar-refractivity contribution is 0.261. The fourth-order valence-electron chi connectivity index (χ4n) is 5.21. The molecule has 0 saturated carbocycles. The van der Waals surface area contributed by atoms with Crippen LogP contribution in [-0.2, 0) is 17.4 Å². The Kier molecular flexibility index (Phi) is 15.3. The monoisotopic (exact) mass is 708 g/mol. The highest BCUT2D eigenvalue weighted by molar-refractivity contribution is 9.10. The van der Waals surface area contributed by atoms with E-state index in [1.54, 1.807) is 0 Å². The summed E-state index contributed by atoms with van der Waals surface area (Å²) in [5.41, 5.74) is 2.06. The van der Waals surface area contributed by atoms with Crippen molar-refractivity contribution in [2.75, 3.05) is 0 Å². The van der Waals surface area contributed by atoms with Gasteiger partial charge in [0, 0.05) is 8.95 Å². The van der Waals surface area contributed by atoms with E-state index in [2.05, 4.69) is 107 Å². The summed E-state index contributed by atoms with van der Waals surface area (Å²) in [6.45, 7) is 8.92. The minimum atomic E-state index is -2.67. The van der Waals surface area contributed by atoms with Crippen molar-refractivity contribution in [3.63, 3.8) is 0 Å². The molecule has 0 atom stereocenters. The van der Waals surface area contributed by atoms with E-state index in [4.69, 9.17) is 17.4 Å². The lowest BCUT2D eigenvalue weighted by Crippen LogP contribution is -2.64. The van der Waals surface area contributed by atoms with Crippen LogP contribution in [0.4, 0.5) is 0 Å². The molecular formula is C30H48B2Br2O4Si2. The topological polar surface area (TPSA) is 36.9 Å². The zero-order chi connectivity index (χ0) is 28.8. The van der Waals surface area contributed by atoms with Crippen LogP contribution in [0.5, 0.6) is 0 Å². The summed E-state index contributed by atoms with van der Waals surface area (Å²) in [6.07, 6.45) is 14.9. The second kappa shape index (κ2) is 17.8. The first kappa shape index (κ1) is 34.3. The lowest BCUT2D eigenvalue weighted by atomic mass is 9.80. The van der Waals surface area contributed by atoms with Crippen molar-refractivity contribution in [2.45, 2.75) is 116 Å². The summed E-state index contributed by atoms with van der Waals surface area (Å²) < 4.78 is 30.0. The van der Waals surface area contributed by atoms with Crippen LogP contribution >= 0.6 is 31.9 Å². The Labute approximate surface area is 263 Å². The van der Waals surface area contributed by atoms with Crippen LogP contribution < -0.4 is 10.9 Å². The molecule has 1 saturated heterocycles. The number of rotatable bonds is 16. The third-order valence-electron chi connectivity index (χ3n) is 7.68. The van der Waals surface area contributed by atoms with E-state index in [9.17, 15) is 0 Å². The largest absolute Gasteiger partial charge is 0.475 e. The van der Waals surface area contributed by atoms with Crippen LogP contribution in [0, 0.1) is 0 Å². The Morgan fingerprint density at radius 2 is 0.800 bits per heavy atom. The van der Waals surface area contributed by atoms with Crippen LogP contribution in [0.1, 0.15) is 90.9 Å². The van der Waals surface area contributed by atoms with Gasteiger partial charge in [0.25, 0.3) is 0 Å². The van der Waals surface area contributed by atoms with Crippen LogP contribution in [0.15, 0.2) is 57.5 Å². The van der Waals surface area contributed by atoms with Gasteiger partial charge in [-0.25, -0.2) is 0 Å². The quantitative estimate of drug-likeness (QED) is 0.129. The first-order valence-electron chi connectivity index (χ1n) is 15.5. The third kappa shape index (κ3) is 11.8. The number of hydrogen-bond donors (Lipinski definition) is 0. The maximum absolute atomic E-state index is 6.99. The maximum atomic E-state index is 6.99. The van der Waals surface area contributed by atoms with Crippen LogP contribution in [0.3, 0.4) is 0 Å². The van der Waals surface area contributed by atoms with Gasteiger partial charge in [-0.3, -0.25) is 0 Å². The van der Waals surface area contributed by atoms with E-state index < -0.39 is 31.4 Å². The van der Waals surface area contributed by atoms with Crippen LogP contribution in [-0.4, -0.2) is 31.4 Å². The predicted molar refractivity (Wildman–Crippen MR) is 183 cm³/mol. The van der Waals surface area contributed by atoms with Gasteiger partial charge in [-0.05, 0) is 60.4 Å². The number of unbranched alkanes of at least 4 members (excludes halogenated alkanes) is 10. The normalized spacial score (nSPS) is 21.9. The highest BCUT2D eigenvalue weighted by Gasteiger charge is 2.50. The molecule has 0 aromatic heterocycles. The van der Waals surface area contributed by atoms with Crippen molar-refractivity contribution < 1.29 is 17.4 Å². The highest BCUT2D eigenvalue weighted by Crippen LogP contribution is 2.29. The molecule has 40 heavy (non-hydrogen) atoms. The summed E-state index contributed by atoms with van der Waals surface area (Å²) in [4.78, 5) is 0. The minimum Gasteiger partial charge on any atom is -0.430 e. The Bertz CT molecular complexity index is 893. The van der Waals surface area contributed by atoms with Crippen molar-refractivity contribution in [1.82, 2.24) is 0 Å². The third-order valence-corrected chi connectivity index (χ3v) is 14.1. The van der Waals surface area contributed by atoms with E-state index >= 15 is 0 Å². The van der Waals surface area contributed by atoms with Crippen molar-refractivity contribution in [1.29, 1.82) is 0 Å². The molecule has 1 heterocycles.